The molecule has 1 aromatic heterocycles. The van der Waals surface area contributed by atoms with Crippen LogP contribution in [0, 0.1) is 5.41 Å². The van der Waals surface area contributed by atoms with Crippen molar-refractivity contribution in [3.8, 4) is 10.4 Å². The molecule has 0 aliphatic carbocycles. The molecule has 0 radical (unpaired) electrons. The zero-order valence-corrected chi connectivity index (χ0v) is 16.0. The Kier molecular flexibility index (Phi) is 6.37. The minimum atomic E-state index is -0.439. The number of thiophene rings is 1. The number of Topliss-reactive ketones (excluding diaryl/α,β-unsaturated/α-hetero) is 1. The number of carbonyl (C=O) groups excluding carboxylic acids is 2. The summed E-state index contributed by atoms with van der Waals surface area (Å²) in [5, 5.41) is 3.11. The average Bonchev–Trinajstić information content (AvgIpc) is 2.99. The standard InChI is InChI=1S/C20H25NO3S/c1-5-24-18(23)13-20(2,3)12-16(22)19-15(21-4)11-17(25-19)14-9-7-6-8-10-14/h6-11,21H,5,12-13H2,1-4H3. The summed E-state index contributed by atoms with van der Waals surface area (Å²) in [5.74, 6) is -0.212. The molecule has 0 saturated carbocycles. The second-order valence-electron chi connectivity index (χ2n) is 6.72. The van der Waals surface area contributed by atoms with Crippen LogP contribution in [0.4, 0.5) is 5.69 Å². The lowest BCUT2D eigenvalue weighted by Crippen LogP contribution is -2.22. The third-order valence-corrected chi connectivity index (χ3v) is 5.11. The van der Waals surface area contributed by atoms with Crippen molar-refractivity contribution in [1.82, 2.24) is 0 Å². The molecule has 0 saturated heterocycles. The van der Waals surface area contributed by atoms with E-state index in [0.29, 0.717) is 17.9 Å². The number of ketones is 1. The second kappa shape index (κ2) is 8.30. The first-order valence-corrected chi connectivity index (χ1v) is 9.24. The zero-order chi connectivity index (χ0) is 18.4. The lowest BCUT2D eigenvalue weighted by Gasteiger charge is -2.22. The van der Waals surface area contributed by atoms with Gasteiger partial charge in [0.15, 0.2) is 5.78 Å². The van der Waals surface area contributed by atoms with Crippen LogP contribution in [-0.2, 0) is 9.53 Å². The Labute approximate surface area is 153 Å². The van der Waals surface area contributed by atoms with E-state index in [9.17, 15) is 9.59 Å². The van der Waals surface area contributed by atoms with Gasteiger partial charge in [-0.05, 0) is 24.0 Å². The van der Waals surface area contributed by atoms with E-state index in [1.807, 2.05) is 57.3 Å². The topological polar surface area (TPSA) is 55.4 Å². The Bertz CT molecular complexity index is 735. The predicted molar refractivity (Wildman–Crippen MR) is 103 cm³/mol. The molecule has 0 unspecified atom stereocenters. The van der Waals surface area contributed by atoms with Gasteiger partial charge in [0.2, 0.25) is 0 Å². The third kappa shape index (κ3) is 5.16. The molecule has 0 aliphatic heterocycles. The molecule has 0 bridgehead atoms. The lowest BCUT2D eigenvalue weighted by molar-refractivity contribution is -0.145. The molecule has 2 rings (SSSR count). The van der Waals surface area contributed by atoms with E-state index in [2.05, 4.69) is 5.32 Å². The van der Waals surface area contributed by atoms with E-state index >= 15 is 0 Å². The van der Waals surface area contributed by atoms with Crippen LogP contribution in [-0.4, -0.2) is 25.4 Å². The second-order valence-corrected chi connectivity index (χ2v) is 7.77. The van der Waals surface area contributed by atoms with Gasteiger partial charge in [0.1, 0.15) is 0 Å². The molecule has 4 nitrogen and oxygen atoms in total. The summed E-state index contributed by atoms with van der Waals surface area (Å²) in [6, 6.07) is 12.0. The van der Waals surface area contributed by atoms with Gasteiger partial charge in [-0.1, -0.05) is 44.2 Å². The van der Waals surface area contributed by atoms with Gasteiger partial charge in [0, 0.05) is 18.3 Å². The number of carbonyl (C=O) groups is 2. The summed E-state index contributed by atoms with van der Waals surface area (Å²) >= 11 is 1.49. The predicted octanol–water partition coefficient (Wildman–Crippen LogP) is 5.01. The van der Waals surface area contributed by atoms with E-state index < -0.39 is 5.41 Å². The number of esters is 1. The van der Waals surface area contributed by atoms with Gasteiger partial charge in [0.25, 0.3) is 0 Å². The molecule has 0 atom stereocenters. The van der Waals surface area contributed by atoms with Crippen LogP contribution < -0.4 is 5.32 Å². The largest absolute Gasteiger partial charge is 0.466 e. The normalized spacial score (nSPS) is 11.2. The van der Waals surface area contributed by atoms with Crippen molar-refractivity contribution in [2.75, 3.05) is 19.0 Å². The molecule has 0 aliphatic rings. The van der Waals surface area contributed by atoms with Crippen molar-refractivity contribution in [2.24, 2.45) is 5.41 Å². The van der Waals surface area contributed by atoms with Gasteiger partial charge in [-0.3, -0.25) is 9.59 Å². The highest BCUT2D eigenvalue weighted by molar-refractivity contribution is 7.18. The molecule has 5 heteroatoms. The minimum Gasteiger partial charge on any atom is -0.466 e. The molecule has 0 spiro atoms. The summed E-state index contributed by atoms with van der Waals surface area (Å²) in [6.45, 7) is 5.99. The molecule has 1 N–H and O–H groups in total. The van der Waals surface area contributed by atoms with Gasteiger partial charge in [-0.15, -0.1) is 11.3 Å². The SMILES string of the molecule is CCOC(=O)CC(C)(C)CC(=O)c1sc(-c2ccccc2)cc1NC. The van der Waals surface area contributed by atoms with Gasteiger partial charge in [-0.25, -0.2) is 0 Å². The fourth-order valence-electron chi connectivity index (χ4n) is 2.71. The van der Waals surface area contributed by atoms with Gasteiger partial charge in [0.05, 0.1) is 23.6 Å². The first-order valence-electron chi connectivity index (χ1n) is 8.42. The number of benzene rings is 1. The molecular formula is C20H25NO3S. The van der Waals surface area contributed by atoms with E-state index in [-0.39, 0.29) is 18.2 Å². The number of ether oxygens (including phenoxy) is 1. The van der Waals surface area contributed by atoms with E-state index in [1.54, 1.807) is 6.92 Å². The molecule has 2 aromatic rings. The fourth-order valence-corrected chi connectivity index (χ4v) is 3.82. The number of nitrogens with one attached hydrogen (secondary N) is 1. The summed E-state index contributed by atoms with van der Waals surface area (Å²) in [6.07, 6.45) is 0.535. The average molecular weight is 359 g/mol. The molecule has 25 heavy (non-hydrogen) atoms. The molecule has 1 aromatic carbocycles. The summed E-state index contributed by atoms with van der Waals surface area (Å²) in [7, 11) is 1.82. The lowest BCUT2D eigenvalue weighted by atomic mass is 9.83. The zero-order valence-electron chi connectivity index (χ0n) is 15.2. The number of hydrogen-bond acceptors (Lipinski definition) is 5. The van der Waals surface area contributed by atoms with Crippen molar-refractivity contribution < 1.29 is 14.3 Å². The van der Waals surface area contributed by atoms with Gasteiger partial charge < -0.3 is 10.1 Å². The first kappa shape index (κ1) is 19.2. The summed E-state index contributed by atoms with van der Waals surface area (Å²) in [5.41, 5.74) is 1.49. The fraction of sp³-hybridized carbons (Fsp3) is 0.400. The van der Waals surface area contributed by atoms with Crippen LogP contribution in [0.1, 0.15) is 43.3 Å². The van der Waals surface area contributed by atoms with Crippen molar-refractivity contribution >= 4 is 28.8 Å². The Morgan fingerprint density at radius 3 is 2.44 bits per heavy atom. The van der Waals surface area contributed by atoms with E-state index in [1.165, 1.54) is 11.3 Å². The smallest absolute Gasteiger partial charge is 0.306 e. The molecular weight excluding hydrogens is 334 g/mol. The molecule has 0 fully saturated rings. The van der Waals surface area contributed by atoms with Crippen LogP contribution >= 0.6 is 11.3 Å². The maximum atomic E-state index is 12.8. The van der Waals surface area contributed by atoms with Crippen molar-refractivity contribution in [2.45, 2.75) is 33.6 Å². The highest BCUT2D eigenvalue weighted by Gasteiger charge is 2.28. The Balaban J connectivity index is 2.18. The summed E-state index contributed by atoms with van der Waals surface area (Å²) < 4.78 is 5.01. The Morgan fingerprint density at radius 1 is 1.16 bits per heavy atom. The molecule has 134 valence electrons. The third-order valence-electron chi connectivity index (χ3n) is 3.88. The van der Waals surface area contributed by atoms with Crippen LogP contribution in [0.2, 0.25) is 0 Å². The first-order chi connectivity index (χ1) is 11.9. The van der Waals surface area contributed by atoms with Crippen LogP contribution in [0.3, 0.4) is 0 Å². The molecule has 0 amide bonds. The van der Waals surface area contributed by atoms with Crippen LogP contribution in [0.5, 0.6) is 0 Å². The van der Waals surface area contributed by atoms with E-state index in [4.69, 9.17) is 4.74 Å². The highest BCUT2D eigenvalue weighted by Crippen LogP contribution is 2.37. The van der Waals surface area contributed by atoms with Crippen molar-refractivity contribution in [1.29, 1.82) is 0 Å². The summed E-state index contributed by atoms with van der Waals surface area (Å²) in [4.78, 5) is 26.3. The van der Waals surface area contributed by atoms with Crippen LogP contribution in [0.15, 0.2) is 36.4 Å². The number of anilines is 1. The quantitative estimate of drug-likeness (QED) is 0.532. The number of hydrogen-bond donors (Lipinski definition) is 1. The van der Waals surface area contributed by atoms with Gasteiger partial charge >= 0.3 is 5.97 Å². The number of rotatable bonds is 8. The highest BCUT2D eigenvalue weighted by atomic mass is 32.1. The maximum Gasteiger partial charge on any atom is 0.306 e. The minimum absolute atomic E-state index is 0.0471. The van der Waals surface area contributed by atoms with E-state index in [0.717, 1.165) is 16.1 Å². The van der Waals surface area contributed by atoms with Crippen molar-refractivity contribution in [3.63, 3.8) is 0 Å². The van der Waals surface area contributed by atoms with Gasteiger partial charge in [-0.2, -0.15) is 0 Å². The van der Waals surface area contributed by atoms with Crippen LogP contribution in [0.25, 0.3) is 10.4 Å². The maximum absolute atomic E-state index is 12.8. The Morgan fingerprint density at radius 2 is 1.84 bits per heavy atom. The molecule has 1 heterocycles. The monoisotopic (exact) mass is 359 g/mol. The van der Waals surface area contributed by atoms with Crippen molar-refractivity contribution in [3.05, 3.63) is 41.3 Å². The Hall–Kier alpha value is -2.14.